The van der Waals surface area contributed by atoms with E-state index >= 15 is 0 Å². The summed E-state index contributed by atoms with van der Waals surface area (Å²) < 4.78 is 23.2. The molecule has 0 N–H and O–H groups in total. The van der Waals surface area contributed by atoms with E-state index in [4.69, 9.17) is 17.1 Å². The van der Waals surface area contributed by atoms with E-state index in [2.05, 4.69) is 27.7 Å². The molecule has 4 nitrogen and oxygen atoms in total. The first-order chi connectivity index (χ1) is 8.07. The molecule has 0 saturated heterocycles. The van der Waals surface area contributed by atoms with Gasteiger partial charge in [0.05, 0.1) is 0 Å². The van der Waals surface area contributed by atoms with Crippen molar-refractivity contribution >= 4 is 27.1 Å². The lowest BCUT2D eigenvalue weighted by atomic mass is 10.9. The molecule has 17 heavy (non-hydrogen) atoms. The minimum absolute atomic E-state index is 0.587. The minimum atomic E-state index is -2.84. The highest BCUT2D eigenvalue weighted by Crippen LogP contribution is 2.27. The fourth-order valence-electron chi connectivity index (χ4n) is 1.77. The van der Waals surface area contributed by atoms with Crippen LogP contribution in [0.2, 0.25) is 24.2 Å². The molecule has 0 aromatic rings. The third-order valence-electron chi connectivity index (χ3n) is 3.26. The lowest BCUT2D eigenvalue weighted by Crippen LogP contribution is -2.56. The van der Waals surface area contributed by atoms with Crippen molar-refractivity contribution in [2.24, 2.45) is 0 Å². The van der Waals surface area contributed by atoms with Crippen molar-refractivity contribution in [2.75, 3.05) is 14.2 Å². The topological polar surface area (TPSA) is 36.9 Å². The zero-order valence-corrected chi connectivity index (χ0v) is 15.6. The van der Waals surface area contributed by atoms with Gasteiger partial charge in [0.1, 0.15) is 0 Å². The van der Waals surface area contributed by atoms with E-state index in [0.717, 1.165) is 24.2 Å². The molecule has 0 amide bonds. The molecule has 0 rings (SSSR count). The van der Waals surface area contributed by atoms with Gasteiger partial charge in [-0.2, -0.15) is 0 Å². The van der Waals surface area contributed by atoms with Gasteiger partial charge in [0.25, 0.3) is 0 Å². The maximum atomic E-state index is 6.32. The molecule has 0 aromatic heterocycles. The van der Waals surface area contributed by atoms with Gasteiger partial charge in [0.2, 0.25) is 0 Å². The molecule has 0 aromatic carbocycles. The van der Waals surface area contributed by atoms with Crippen LogP contribution >= 0.6 is 0 Å². The van der Waals surface area contributed by atoms with Crippen molar-refractivity contribution in [3.8, 4) is 0 Å². The van der Waals surface area contributed by atoms with Gasteiger partial charge in [-0.15, -0.1) is 0 Å². The minimum Gasteiger partial charge on any atom is -0.400 e. The lowest BCUT2D eigenvalue weighted by molar-refractivity contribution is 0.0798. The monoisotopic (exact) mass is 296 g/mol. The molecule has 0 bridgehead atoms. The molecule has 0 fully saturated rings. The van der Waals surface area contributed by atoms with Crippen LogP contribution in [0.1, 0.15) is 27.7 Å². The summed E-state index contributed by atoms with van der Waals surface area (Å²) in [4.78, 5) is 0. The third kappa shape index (κ3) is 4.93. The van der Waals surface area contributed by atoms with Crippen molar-refractivity contribution in [2.45, 2.75) is 51.9 Å². The summed E-state index contributed by atoms with van der Waals surface area (Å²) in [6.45, 7) is 8.71. The Morgan fingerprint density at radius 3 is 1.65 bits per heavy atom. The summed E-state index contributed by atoms with van der Waals surface area (Å²) in [5.74, 6) is 0. The lowest BCUT2D eigenvalue weighted by Gasteiger charge is -2.36. The Kier molecular flexibility index (Phi) is 8.82. The summed E-state index contributed by atoms with van der Waals surface area (Å²) in [6.07, 6.45) is 0. The van der Waals surface area contributed by atoms with Gasteiger partial charge in [-0.1, -0.05) is 27.7 Å². The van der Waals surface area contributed by atoms with Crippen LogP contribution in [-0.4, -0.2) is 41.3 Å². The van der Waals surface area contributed by atoms with Gasteiger partial charge in [0.15, 0.2) is 18.1 Å². The standard InChI is InChI=1S/C10H28O4Si3/c1-7-15-13-17(11-5,12-6)14-16(8-2,9-3)10-4/h7-10,15H2,1-6H3. The highest BCUT2D eigenvalue weighted by atomic mass is 28.5. The molecule has 0 saturated carbocycles. The molecular weight excluding hydrogens is 268 g/mol. The van der Waals surface area contributed by atoms with E-state index in [-0.39, 0.29) is 0 Å². The van der Waals surface area contributed by atoms with E-state index < -0.39 is 27.1 Å². The Labute approximate surface area is 111 Å². The quantitative estimate of drug-likeness (QED) is 0.580. The van der Waals surface area contributed by atoms with Gasteiger partial charge >= 0.3 is 9.05 Å². The Morgan fingerprint density at radius 1 is 0.882 bits per heavy atom. The van der Waals surface area contributed by atoms with Crippen molar-refractivity contribution in [1.29, 1.82) is 0 Å². The van der Waals surface area contributed by atoms with E-state index in [1.807, 2.05) is 0 Å². The summed E-state index contributed by atoms with van der Waals surface area (Å²) >= 11 is 0. The second kappa shape index (κ2) is 8.57. The van der Waals surface area contributed by atoms with Gasteiger partial charge in [-0.25, -0.2) is 0 Å². The number of rotatable bonds is 10. The Morgan fingerprint density at radius 2 is 1.35 bits per heavy atom. The smallest absolute Gasteiger partial charge is 0.400 e. The van der Waals surface area contributed by atoms with Crippen LogP contribution < -0.4 is 0 Å². The Balaban J connectivity index is 4.81. The first kappa shape index (κ1) is 17.5. The summed E-state index contributed by atoms with van der Waals surface area (Å²) in [5, 5.41) is 0. The van der Waals surface area contributed by atoms with E-state index in [0.29, 0.717) is 0 Å². The van der Waals surface area contributed by atoms with E-state index in [1.165, 1.54) is 0 Å². The van der Waals surface area contributed by atoms with Gasteiger partial charge in [-0.3, -0.25) is 0 Å². The fourth-order valence-corrected chi connectivity index (χ4v) is 11.5. The fraction of sp³-hybridized carbons (Fsp3) is 1.00. The predicted octanol–water partition coefficient (Wildman–Crippen LogP) is 2.28. The van der Waals surface area contributed by atoms with Crippen LogP contribution in [0.25, 0.3) is 0 Å². The SMILES string of the molecule is CC[SiH2]O[Si](OC)(OC)O[Si](CC)(CC)CC. The maximum absolute atomic E-state index is 6.32. The summed E-state index contributed by atoms with van der Waals surface area (Å²) in [7, 11) is -1.88. The van der Waals surface area contributed by atoms with Crippen molar-refractivity contribution < 1.29 is 17.1 Å². The Bertz CT molecular complexity index is 188. The largest absolute Gasteiger partial charge is 0.657 e. The third-order valence-corrected chi connectivity index (χ3v) is 13.5. The summed E-state index contributed by atoms with van der Waals surface area (Å²) in [5.41, 5.74) is 0. The average Bonchev–Trinajstić information content (AvgIpc) is 2.41. The van der Waals surface area contributed by atoms with Gasteiger partial charge < -0.3 is 17.1 Å². The first-order valence-electron chi connectivity index (χ1n) is 6.51. The molecule has 0 aliphatic heterocycles. The molecule has 0 aliphatic rings. The van der Waals surface area contributed by atoms with Crippen LogP contribution in [0.4, 0.5) is 0 Å². The highest BCUT2D eigenvalue weighted by molar-refractivity contribution is 6.81. The van der Waals surface area contributed by atoms with Crippen molar-refractivity contribution in [3.63, 3.8) is 0 Å². The predicted molar refractivity (Wildman–Crippen MR) is 78.2 cm³/mol. The van der Waals surface area contributed by atoms with Crippen molar-refractivity contribution in [1.82, 2.24) is 0 Å². The van der Waals surface area contributed by atoms with E-state index in [1.54, 1.807) is 14.2 Å². The normalized spacial score (nSPS) is 13.8. The van der Waals surface area contributed by atoms with Crippen LogP contribution in [-0.2, 0) is 17.1 Å². The average molecular weight is 297 g/mol. The Hall–Kier alpha value is 0.491. The molecule has 7 heteroatoms. The molecule has 0 unspecified atom stereocenters. The van der Waals surface area contributed by atoms with E-state index in [9.17, 15) is 0 Å². The molecule has 0 radical (unpaired) electrons. The molecule has 0 aliphatic carbocycles. The van der Waals surface area contributed by atoms with Gasteiger partial charge in [0, 0.05) is 14.2 Å². The molecule has 0 atom stereocenters. The second-order valence-corrected chi connectivity index (χ2v) is 13.8. The molecule has 0 spiro atoms. The summed E-state index contributed by atoms with van der Waals surface area (Å²) in [6, 6.07) is 4.32. The molecular formula is C10H28O4Si3. The zero-order valence-electron chi connectivity index (χ0n) is 12.2. The zero-order chi connectivity index (χ0) is 13.4. The first-order valence-corrected chi connectivity index (χ1v) is 12.3. The number of hydrogen-bond acceptors (Lipinski definition) is 4. The number of hydrogen-bond donors (Lipinski definition) is 0. The maximum Gasteiger partial charge on any atom is 0.657 e. The molecule has 0 heterocycles. The van der Waals surface area contributed by atoms with Crippen LogP contribution in [0.5, 0.6) is 0 Å². The van der Waals surface area contributed by atoms with Crippen LogP contribution in [0.3, 0.4) is 0 Å². The van der Waals surface area contributed by atoms with Crippen LogP contribution in [0.15, 0.2) is 0 Å². The highest BCUT2D eigenvalue weighted by Gasteiger charge is 2.49. The van der Waals surface area contributed by atoms with Crippen molar-refractivity contribution in [3.05, 3.63) is 0 Å². The van der Waals surface area contributed by atoms with Crippen LogP contribution in [0, 0.1) is 0 Å². The molecule has 104 valence electrons. The second-order valence-electron chi connectivity index (χ2n) is 4.10. The van der Waals surface area contributed by atoms with Gasteiger partial charge in [-0.05, 0) is 24.2 Å².